The first-order chi connectivity index (χ1) is 14.2. The van der Waals surface area contributed by atoms with Gasteiger partial charge in [-0.05, 0) is 55.7 Å². The van der Waals surface area contributed by atoms with Gasteiger partial charge >= 0.3 is 0 Å². The molecule has 0 radical (unpaired) electrons. The summed E-state index contributed by atoms with van der Waals surface area (Å²) in [4.78, 5) is 30.4. The van der Waals surface area contributed by atoms with Gasteiger partial charge in [0.05, 0.1) is 17.1 Å². The Hall–Kier alpha value is -3.61. The van der Waals surface area contributed by atoms with Crippen molar-refractivity contribution >= 4 is 33.8 Å². The largest absolute Gasteiger partial charge is 0.372 e. The smallest absolute Gasteiger partial charge is 0.261 e. The van der Waals surface area contributed by atoms with Crippen LogP contribution >= 0.6 is 0 Å². The van der Waals surface area contributed by atoms with E-state index >= 15 is 0 Å². The highest BCUT2D eigenvalue weighted by Gasteiger charge is 2.17. The molecule has 7 heteroatoms. The van der Waals surface area contributed by atoms with E-state index in [0.29, 0.717) is 27.8 Å². The number of carbonyl (C=O) groups excluding carboxylic acids is 1. The molecule has 29 heavy (non-hydrogen) atoms. The van der Waals surface area contributed by atoms with E-state index in [1.807, 2.05) is 36.4 Å². The third-order valence-electron chi connectivity index (χ3n) is 5.47. The molecule has 1 aliphatic heterocycles. The maximum Gasteiger partial charge on any atom is 0.261 e. The average molecular weight is 387 g/mol. The molecule has 7 nitrogen and oxygen atoms in total. The quantitative estimate of drug-likeness (QED) is 0.564. The Morgan fingerprint density at radius 3 is 2.55 bits per heavy atom. The molecule has 2 aromatic carbocycles. The predicted octanol–water partition coefficient (Wildman–Crippen LogP) is 3.42. The van der Waals surface area contributed by atoms with E-state index in [0.717, 1.165) is 13.1 Å². The van der Waals surface area contributed by atoms with Crippen LogP contribution in [0.5, 0.6) is 0 Å². The van der Waals surface area contributed by atoms with Crippen LogP contribution in [0.25, 0.3) is 16.6 Å². The summed E-state index contributed by atoms with van der Waals surface area (Å²) in [6.07, 6.45) is 5.22. The Kier molecular flexibility index (Phi) is 4.27. The Bertz CT molecular complexity index is 1250. The number of benzene rings is 2. The van der Waals surface area contributed by atoms with Gasteiger partial charge in [-0.3, -0.25) is 9.59 Å². The number of aromatic amines is 1. The van der Waals surface area contributed by atoms with Crippen LogP contribution in [0, 0.1) is 0 Å². The van der Waals surface area contributed by atoms with Crippen molar-refractivity contribution in [1.29, 1.82) is 0 Å². The van der Waals surface area contributed by atoms with E-state index < -0.39 is 0 Å². The second-order valence-corrected chi connectivity index (χ2v) is 7.34. The molecule has 2 aromatic heterocycles. The number of hydrogen-bond donors (Lipinski definition) is 2. The van der Waals surface area contributed by atoms with E-state index in [1.54, 1.807) is 16.6 Å². The number of nitrogens with one attached hydrogen (secondary N) is 2. The molecule has 1 fully saturated rings. The van der Waals surface area contributed by atoms with Crippen LogP contribution in [0.15, 0.2) is 59.5 Å². The summed E-state index contributed by atoms with van der Waals surface area (Å²) < 4.78 is 1.59. The van der Waals surface area contributed by atoms with Crippen LogP contribution in [0.1, 0.15) is 29.6 Å². The topological polar surface area (TPSA) is 82.5 Å². The minimum absolute atomic E-state index is 0.242. The zero-order chi connectivity index (χ0) is 19.8. The summed E-state index contributed by atoms with van der Waals surface area (Å²) in [7, 11) is 0. The second kappa shape index (κ2) is 7.09. The van der Waals surface area contributed by atoms with Crippen molar-refractivity contribution in [3.63, 3.8) is 0 Å². The van der Waals surface area contributed by atoms with Crippen LogP contribution in [0.3, 0.4) is 0 Å². The van der Waals surface area contributed by atoms with Crippen LogP contribution < -0.4 is 15.8 Å². The summed E-state index contributed by atoms with van der Waals surface area (Å²) >= 11 is 0. The molecule has 0 aliphatic carbocycles. The molecule has 0 unspecified atom stereocenters. The van der Waals surface area contributed by atoms with Gasteiger partial charge < -0.3 is 15.2 Å². The number of aromatic nitrogens is 3. The lowest BCUT2D eigenvalue weighted by atomic mass is 10.1. The second-order valence-electron chi connectivity index (χ2n) is 7.34. The van der Waals surface area contributed by atoms with Crippen molar-refractivity contribution in [1.82, 2.24) is 14.6 Å². The molecule has 0 spiro atoms. The van der Waals surface area contributed by atoms with Gasteiger partial charge in [-0.2, -0.15) is 5.10 Å². The molecule has 4 aromatic rings. The van der Waals surface area contributed by atoms with Crippen molar-refractivity contribution in [3.8, 4) is 0 Å². The number of nitrogens with zero attached hydrogens (tertiary/aromatic N) is 3. The molecule has 0 atom stereocenters. The van der Waals surface area contributed by atoms with Crippen LogP contribution in [0.2, 0.25) is 0 Å². The van der Waals surface area contributed by atoms with Gasteiger partial charge in [-0.1, -0.05) is 12.1 Å². The minimum Gasteiger partial charge on any atom is -0.372 e. The molecule has 0 bridgehead atoms. The summed E-state index contributed by atoms with van der Waals surface area (Å²) in [5.74, 6) is -0.309. The summed E-state index contributed by atoms with van der Waals surface area (Å²) in [6.45, 7) is 2.16. The fourth-order valence-electron chi connectivity index (χ4n) is 3.95. The number of para-hydroxylation sites is 1. The molecular formula is C22H21N5O2. The highest BCUT2D eigenvalue weighted by atomic mass is 16.2. The molecule has 1 amide bonds. The van der Waals surface area contributed by atoms with Crippen LogP contribution in [-0.4, -0.2) is 33.6 Å². The molecule has 146 valence electrons. The SMILES string of the molecule is O=C(Nc1ccc(N2CCCCC2)cc1)c1cnn2c1[nH]c(=O)c1ccccc12. The average Bonchev–Trinajstić information content (AvgIpc) is 3.19. The monoisotopic (exact) mass is 387 g/mol. The summed E-state index contributed by atoms with van der Waals surface area (Å²) in [5.41, 5.74) is 3.02. The maximum atomic E-state index is 12.8. The Morgan fingerprint density at radius 2 is 1.76 bits per heavy atom. The predicted molar refractivity (Wildman–Crippen MR) is 114 cm³/mol. The van der Waals surface area contributed by atoms with E-state index in [4.69, 9.17) is 0 Å². The third-order valence-corrected chi connectivity index (χ3v) is 5.47. The summed E-state index contributed by atoms with van der Waals surface area (Å²) in [6, 6.07) is 15.1. The standard InChI is InChI=1S/C22H21N5O2/c28-21-17-6-2-3-7-19(17)27-20(25-21)18(14-23-27)22(29)24-15-8-10-16(11-9-15)26-12-4-1-5-13-26/h2-3,6-11,14H,1,4-5,12-13H2,(H,24,29)(H,25,28). The first-order valence-electron chi connectivity index (χ1n) is 9.86. The number of H-pyrrole nitrogens is 1. The lowest BCUT2D eigenvalue weighted by Crippen LogP contribution is -2.29. The number of piperidine rings is 1. The maximum absolute atomic E-state index is 12.8. The Balaban J connectivity index is 1.42. The van der Waals surface area contributed by atoms with Gasteiger partial charge in [0.25, 0.3) is 11.5 Å². The van der Waals surface area contributed by atoms with Crippen molar-refractivity contribution < 1.29 is 4.79 Å². The van der Waals surface area contributed by atoms with Gasteiger partial charge in [-0.25, -0.2) is 4.52 Å². The van der Waals surface area contributed by atoms with Gasteiger partial charge in [0.15, 0.2) is 0 Å². The molecule has 3 heterocycles. The zero-order valence-corrected chi connectivity index (χ0v) is 15.9. The van der Waals surface area contributed by atoms with Gasteiger partial charge in [0.1, 0.15) is 11.2 Å². The molecular weight excluding hydrogens is 366 g/mol. The van der Waals surface area contributed by atoms with E-state index in [1.165, 1.54) is 31.1 Å². The number of rotatable bonds is 3. The van der Waals surface area contributed by atoms with Crippen molar-refractivity contribution in [3.05, 3.63) is 70.6 Å². The van der Waals surface area contributed by atoms with E-state index in [9.17, 15) is 9.59 Å². The van der Waals surface area contributed by atoms with Gasteiger partial charge in [-0.15, -0.1) is 0 Å². The summed E-state index contributed by atoms with van der Waals surface area (Å²) in [5, 5.41) is 7.74. The molecule has 1 aliphatic rings. The lowest BCUT2D eigenvalue weighted by molar-refractivity contribution is 0.102. The van der Waals surface area contributed by atoms with Crippen LogP contribution in [0.4, 0.5) is 11.4 Å². The Labute approximate surface area is 167 Å². The van der Waals surface area contributed by atoms with Gasteiger partial charge in [0.2, 0.25) is 0 Å². The zero-order valence-electron chi connectivity index (χ0n) is 15.9. The lowest BCUT2D eigenvalue weighted by Gasteiger charge is -2.28. The molecule has 5 rings (SSSR count). The van der Waals surface area contributed by atoms with Crippen molar-refractivity contribution in [2.24, 2.45) is 0 Å². The number of fused-ring (bicyclic) bond motifs is 3. The van der Waals surface area contributed by atoms with Crippen molar-refractivity contribution in [2.45, 2.75) is 19.3 Å². The van der Waals surface area contributed by atoms with Crippen molar-refractivity contribution in [2.75, 3.05) is 23.3 Å². The molecule has 0 saturated carbocycles. The number of hydrogen-bond acceptors (Lipinski definition) is 4. The fourth-order valence-corrected chi connectivity index (χ4v) is 3.95. The number of amides is 1. The van der Waals surface area contributed by atoms with Gasteiger partial charge in [0, 0.05) is 24.5 Å². The molecule has 2 N–H and O–H groups in total. The van der Waals surface area contributed by atoms with E-state index in [-0.39, 0.29) is 11.5 Å². The van der Waals surface area contributed by atoms with E-state index in [2.05, 4.69) is 20.3 Å². The highest BCUT2D eigenvalue weighted by Crippen LogP contribution is 2.22. The third kappa shape index (κ3) is 3.14. The highest BCUT2D eigenvalue weighted by molar-refractivity contribution is 6.08. The number of carbonyl (C=O) groups is 1. The fraction of sp³-hybridized carbons (Fsp3) is 0.227. The Morgan fingerprint density at radius 1 is 1.00 bits per heavy atom. The number of anilines is 2. The van der Waals surface area contributed by atoms with Crippen LogP contribution in [-0.2, 0) is 0 Å². The minimum atomic E-state index is -0.309. The molecule has 1 saturated heterocycles. The normalized spacial score (nSPS) is 14.4. The first-order valence-corrected chi connectivity index (χ1v) is 9.86. The first kappa shape index (κ1) is 17.5.